The summed E-state index contributed by atoms with van der Waals surface area (Å²) in [5.74, 6) is -5.13. The van der Waals surface area contributed by atoms with E-state index in [4.69, 9.17) is 0 Å². The Morgan fingerprint density at radius 2 is 0.485 bits per heavy atom. The predicted octanol–water partition coefficient (Wildman–Crippen LogP) is -3.96. The Hall–Kier alpha value is -2.52. The van der Waals surface area contributed by atoms with Gasteiger partial charge in [0, 0.05) is 49.6 Å². The molecule has 12 nitrogen and oxygen atoms in total. The van der Waals surface area contributed by atoms with Gasteiger partial charge in [0.05, 0.1) is 0 Å². The summed E-state index contributed by atoms with van der Waals surface area (Å²) < 4.78 is 0. The van der Waals surface area contributed by atoms with Gasteiger partial charge < -0.3 is 58.8 Å². The van der Waals surface area contributed by atoms with E-state index in [0.29, 0.717) is 0 Å². The molecule has 33 heavy (non-hydrogen) atoms. The molecule has 0 unspecified atom stereocenters. The van der Waals surface area contributed by atoms with Crippen LogP contribution in [0.3, 0.4) is 0 Å². The minimum Gasteiger partial charge on any atom is -0.550 e. The minimum atomic E-state index is -1.17. The van der Waals surface area contributed by atoms with Gasteiger partial charge in [-0.05, 0) is 53.4 Å². The van der Waals surface area contributed by atoms with Crippen molar-refractivity contribution in [1.29, 1.82) is 0 Å². The van der Waals surface area contributed by atoms with Gasteiger partial charge >= 0.3 is 27.3 Å². The molecule has 0 saturated heterocycles. The van der Waals surface area contributed by atoms with E-state index in [1.54, 1.807) is 0 Å². The van der Waals surface area contributed by atoms with Crippen molar-refractivity contribution in [2.24, 2.45) is 0 Å². The number of carboxylic acid groups (broad SMARTS) is 4. The van der Waals surface area contributed by atoms with Crippen LogP contribution in [-0.2, 0) is 38.4 Å². The Morgan fingerprint density at radius 3 is 0.515 bits per heavy atom. The molecular formula is C20H28O12Pb. The van der Waals surface area contributed by atoms with Gasteiger partial charge in [-0.25, -0.2) is 0 Å². The van der Waals surface area contributed by atoms with Gasteiger partial charge in [-0.3, -0.25) is 0 Å². The van der Waals surface area contributed by atoms with Crippen molar-refractivity contribution in [3.63, 3.8) is 0 Å². The third-order valence-electron chi connectivity index (χ3n) is 2.72. The molecule has 0 atom stereocenters. The number of rotatable bonds is 12. The number of carbonyl (C=O) groups excluding carboxylic acids is 8. The standard InChI is InChI=1S/4C5H8O3.Pb/c4*1-4(6)2-3-5(7)8;/h4*2-3H2,1H3,(H,7,8);/q;;;;+4/p-4. The maximum Gasteiger partial charge on any atom is 4.00 e. The predicted molar refractivity (Wildman–Crippen MR) is 105 cm³/mol. The van der Waals surface area contributed by atoms with Crippen molar-refractivity contribution in [2.45, 2.75) is 79.1 Å². The molecule has 0 fully saturated rings. The molecule has 0 spiro atoms. The number of Topliss-reactive ketones (excluding diaryl/α,β-unsaturated/α-hetero) is 4. The normalized spacial score (nSPS) is 8.36. The largest absolute Gasteiger partial charge is 4.00 e. The molecule has 0 radical (unpaired) electrons. The third kappa shape index (κ3) is 72.9. The molecule has 0 saturated carbocycles. The van der Waals surface area contributed by atoms with Crippen LogP contribution in [0.15, 0.2) is 0 Å². The van der Waals surface area contributed by atoms with Gasteiger partial charge in [0.1, 0.15) is 23.1 Å². The zero-order valence-corrected chi connectivity index (χ0v) is 22.9. The summed E-state index contributed by atoms with van der Waals surface area (Å²) in [6, 6.07) is 0. The molecule has 0 amide bonds. The quantitative estimate of drug-likeness (QED) is 0.182. The van der Waals surface area contributed by atoms with Crippen molar-refractivity contribution in [2.75, 3.05) is 0 Å². The summed E-state index contributed by atoms with van der Waals surface area (Å²) in [4.78, 5) is 78.8. The van der Waals surface area contributed by atoms with Crippen LogP contribution in [0.5, 0.6) is 0 Å². The van der Waals surface area contributed by atoms with Crippen LogP contribution in [0.25, 0.3) is 0 Å². The molecule has 0 heterocycles. The zero-order chi connectivity index (χ0) is 26.3. The van der Waals surface area contributed by atoms with E-state index >= 15 is 0 Å². The Balaban J connectivity index is -0.000000105. The third-order valence-corrected chi connectivity index (χ3v) is 2.72. The van der Waals surface area contributed by atoms with E-state index in [-0.39, 0.29) is 102 Å². The number of hydrogen-bond donors (Lipinski definition) is 0. The second-order valence-electron chi connectivity index (χ2n) is 6.30. The van der Waals surface area contributed by atoms with Crippen LogP contribution in [0, 0.1) is 0 Å². The number of hydrogen-bond acceptors (Lipinski definition) is 12. The van der Waals surface area contributed by atoms with Gasteiger partial charge in [-0.2, -0.15) is 0 Å². The van der Waals surface area contributed by atoms with Crippen LogP contribution in [0.2, 0.25) is 0 Å². The summed E-state index contributed by atoms with van der Waals surface area (Å²) in [5.41, 5.74) is 0. The summed E-state index contributed by atoms with van der Waals surface area (Å²) >= 11 is 0. The Labute approximate surface area is 211 Å². The van der Waals surface area contributed by atoms with E-state index in [0.717, 1.165) is 0 Å². The molecule has 0 aromatic rings. The van der Waals surface area contributed by atoms with E-state index < -0.39 is 23.9 Å². The van der Waals surface area contributed by atoms with Crippen molar-refractivity contribution in [3.05, 3.63) is 0 Å². The molecule has 0 aromatic carbocycles. The Bertz CT molecular complexity index is 487. The van der Waals surface area contributed by atoms with Gasteiger partial charge in [0.25, 0.3) is 0 Å². The fourth-order valence-corrected chi connectivity index (χ4v) is 1.11. The topological polar surface area (TPSA) is 229 Å². The van der Waals surface area contributed by atoms with Crippen LogP contribution >= 0.6 is 0 Å². The van der Waals surface area contributed by atoms with Crippen LogP contribution < -0.4 is 20.4 Å². The molecule has 13 heteroatoms. The van der Waals surface area contributed by atoms with E-state index in [1.165, 1.54) is 27.7 Å². The van der Waals surface area contributed by atoms with Crippen LogP contribution in [0.4, 0.5) is 0 Å². The summed E-state index contributed by atoms with van der Waals surface area (Å²) in [6.45, 7) is 5.40. The van der Waals surface area contributed by atoms with Crippen LogP contribution in [0.1, 0.15) is 79.1 Å². The molecule has 0 aliphatic carbocycles. The van der Waals surface area contributed by atoms with Crippen molar-refractivity contribution in [1.82, 2.24) is 0 Å². The molecular weight excluding hydrogens is 639 g/mol. The first-order valence-electron chi connectivity index (χ1n) is 9.28. The van der Waals surface area contributed by atoms with Crippen molar-refractivity contribution in [3.8, 4) is 0 Å². The maximum absolute atomic E-state index is 10.1. The molecule has 0 aromatic heterocycles. The first kappa shape index (κ1) is 40.8. The first-order valence-corrected chi connectivity index (χ1v) is 9.28. The molecule has 184 valence electrons. The number of carbonyl (C=O) groups is 8. The van der Waals surface area contributed by atoms with E-state index in [2.05, 4.69) is 0 Å². The van der Waals surface area contributed by atoms with Gasteiger partial charge in [-0.15, -0.1) is 0 Å². The molecule has 0 N–H and O–H groups in total. The maximum atomic E-state index is 10.1. The molecule has 0 bridgehead atoms. The smallest absolute Gasteiger partial charge is 0.550 e. The summed E-state index contributed by atoms with van der Waals surface area (Å²) in [6.07, 6.45) is -0.287. The molecule has 0 aliphatic rings. The van der Waals surface area contributed by atoms with Gasteiger partial charge in [0.2, 0.25) is 0 Å². The van der Waals surface area contributed by atoms with Crippen molar-refractivity contribution < 1.29 is 58.8 Å². The van der Waals surface area contributed by atoms with E-state index in [9.17, 15) is 58.8 Å². The first-order chi connectivity index (χ1) is 14.5. The number of aliphatic carboxylic acids is 4. The van der Waals surface area contributed by atoms with Crippen molar-refractivity contribution >= 4 is 74.3 Å². The summed E-state index contributed by atoms with van der Waals surface area (Å²) in [5, 5.41) is 38.6. The number of carboxylic acids is 4. The summed E-state index contributed by atoms with van der Waals surface area (Å²) in [7, 11) is 0. The fourth-order valence-electron chi connectivity index (χ4n) is 1.11. The molecule has 0 rings (SSSR count). The average Bonchev–Trinajstić information content (AvgIpc) is 2.63. The SMILES string of the molecule is CC(=O)CCC(=O)[O-].CC(=O)CCC(=O)[O-].CC(=O)CCC(=O)[O-].CC(=O)CCC(=O)[O-].[Pb+4]. The van der Waals surface area contributed by atoms with Gasteiger partial charge in [0.15, 0.2) is 0 Å². The minimum absolute atomic E-state index is 0. The molecule has 0 aliphatic heterocycles. The number of ketones is 4. The fraction of sp³-hybridized carbons (Fsp3) is 0.600. The van der Waals surface area contributed by atoms with E-state index in [1.807, 2.05) is 0 Å². The average molecular weight is 668 g/mol. The second-order valence-corrected chi connectivity index (χ2v) is 6.30. The Kier molecular flexibility index (Phi) is 34.0. The second kappa shape index (κ2) is 27.5. The monoisotopic (exact) mass is 668 g/mol. The van der Waals surface area contributed by atoms with Gasteiger partial charge in [-0.1, -0.05) is 0 Å². The van der Waals surface area contributed by atoms with Crippen LogP contribution in [-0.4, -0.2) is 74.3 Å². The zero-order valence-electron chi connectivity index (χ0n) is 19.1. The Morgan fingerprint density at radius 1 is 0.364 bits per heavy atom.